The van der Waals surface area contributed by atoms with E-state index in [2.05, 4.69) is 0 Å². The average molecular weight is 165 g/mol. The Kier molecular flexibility index (Phi) is 3.79. The van der Waals surface area contributed by atoms with Gasteiger partial charge in [0.2, 0.25) is 0 Å². The lowest BCUT2D eigenvalue weighted by Gasteiger charge is -2.16. The van der Waals surface area contributed by atoms with E-state index < -0.39 is 17.9 Å². The maximum Gasteiger partial charge on any atom is 0.0501 e. The van der Waals surface area contributed by atoms with E-state index in [0.29, 0.717) is 0 Å². The number of carbonyl (C=O) groups is 2. The van der Waals surface area contributed by atoms with Crippen molar-refractivity contribution in [2.75, 3.05) is 5.88 Å². The molecular weight excluding hydrogens is 160 g/mol. The number of hydrogen-bond donors (Lipinski definition) is 0. The molecule has 0 atom stereocenters. The molecule has 0 aliphatic heterocycles. The van der Waals surface area contributed by atoms with Crippen molar-refractivity contribution >= 4 is 23.5 Å². The predicted molar refractivity (Wildman–Crippen MR) is 28.8 cm³/mol. The molecule has 0 fully saturated rings. The number of carboxylic acids is 2. The van der Waals surface area contributed by atoms with Crippen LogP contribution in [0.2, 0.25) is 0 Å². The Labute approximate surface area is 62.4 Å². The normalized spacial score (nSPS) is 9.80. The van der Waals surface area contributed by atoms with Crippen LogP contribution in [-0.2, 0) is 9.59 Å². The topological polar surface area (TPSA) is 80.3 Å². The van der Waals surface area contributed by atoms with E-state index in [1.807, 2.05) is 0 Å². The molecule has 5 heteroatoms. The highest BCUT2D eigenvalue weighted by molar-refractivity contribution is 6.18. The van der Waals surface area contributed by atoms with Crippen LogP contribution >= 0.6 is 11.6 Å². The van der Waals surface area contributed by atoms with E-state index >= 15 is 0 Å². The van der Waals surface area contributed by atoms with E-state index in [1.165, 1.54) is 0 Å². The molecule has 0 radical (unpaired) electrons. The van der Waals surface area contributed by atoms with Crippen LogP contribution in [0.1, 0.15) is 6.42 Å². The zero-order chi connectivity index (χ0) is 8.15. The zero-order valence-corrected chi connectivity index (χ0v) is 5.76. The summed E-state index contributed by atoms with van der Waals surface area (Å²) in [5.74, 6) is -4.93. The van der Waals surface area contributed by atoms with Crippen LogP contribution in [0.15, 0.2) is 0 Å². The molecular formula is C5H5ClO4-2. The molecule has 0 heterocycles. The van der Waals surface area contributed by atoms with E-state index in [-0.39, 0.29) is 12.3 Å². The Balaban J connectivity index is 3.98. The van der Waals surface area contributed by atoms with E-state index in [1.54, 1.807) is 0 Å². The lowest BCUT2D eigenvalue weighted by molar-refractivity contribution is -0.331. The highest BCUT2D eigenvalue weighted by Gasteiger charge is 2.09. The van der Waals surface area contributed by atoms with Gasteiger partial charge in [0, 0.05) is 11.8 Å². The minimum absolute atomic E-state index is 0.0351. The van der Waals surface area contributed by atoms with Crippen molar-refractivity contribution in [1.29, 1.82) is 0 Å². The minimum atomic E-state index is -1.65. The van der Waals surface area contributed by atoms with Gasteiger partial charge < -0.3 is 19.8 Å². The van der Waals surface area contributed by atoms with Gasteiger partial charge in [-0.25, -0.2) is 0 Å². The Hall–Kier alpha value is -0.770. The van der Waals surface area contributed by atoms with Gasteiger partial charge in [-0.2, -0.15) is 0 Å². The summed E-state index contributed by atoms with van der Waals surface area (Å²) in [6.07, 6.45) is -0.160. The second kappa shape index (κ2) is 4.11. The van der Waals surface area contributed by atoms with Gasteiger partial charge in [0.25, 0.3) is 0 Å². The molecule has 0 spiro atoms. The fourth-order valence-corrected chi connectivity index (χ4v) is 0.659. The molecule has 0 rings (SSSR count). The van der Waals surface area contributed by atoms with Crippen molar-refractivity contribution in [3.8, 4) is 0 Å². The number of alkyl halides is 1. The molecule has 0 N–H and O–H groups in total. The van der Waals surface area contributed by atoms with E-state index in [4.69, 9.17) is 11.6 Å². The fraction of sp³-hybridized carbons (Fsp3) is 0.600. The maximum absolute atomic E-state index is 9.94. The SMILES string of the molecule is O=C([O-])C(CCCl)C(=O)[O-]. The second-order valence-corrected chi connectivity index (χ2v) is 2.05. The van der Waals surface area contributed by atoms with E-state index in [0.717, 1.165) is 0 Å². The highest BCUT2D eigenvalue weighted by atomic mass is 35.5. The quantitative estimate of drug-likeness (QED) is 0.347. The molecule has 0 saturated carbocycles. The van der Waals surface area contributed by atoms with Gasteiger partial charge in [0.05, 0.1) is 11.9 Å². The predicted octanol–water partition coefficient (Wildman–Crippen LogP) is -2.27. The lowest BCUT2D eigenvalue weighted by atomic mass is 10.1. The highest BCUT2D eigenvalue weighted by Crippen LogP contribution is 2.01. The van der Waals surface area contributed by atoms with E-state index in [9.17, 15) is 19.8 Å². The number of aliphatic carboxylic acids is 2. The molecule has 58 valence electrons. The summed E-state index contributed by atoms with van der Waals surface area (Å²) in [4.78, 5) is 19.9. The van der Waals surface area contributed by atoms with Gasteiger partial charge in [-0.3, -0.25) is 0 Å². The smallest absolute Gasteiger partial charge is 0.0501 e. The molecule has 0 aromatic carbocycles. The standard InChI is InChI=1S/C5H7ClO4/c6-2-1-3(4(7)8)5(9)10/h3H,1-2H2,(H,7,8)(H,9,10)/p-2. The second-order valence-electron chi connectivity index (χ2n) is 1.67. The van der Waals surface area contributed by atoms with Crippen LogP contribution in [0.4, 0.5) is 0 Å². The summed E-state index contributed by atoms with van der Waals surface area (Å²) in [5.41, 5.74) is 0. The zero-order valence-electron chi connectivity index (χ0n) is 5.00. The summed E-state index contributed by atoms with van der Waals surface area (Å²) >= 11 is 5.10. The first-order chi connectivity index (χ1) is 4.59. The van der Waals surface area contributed by atoms with Crippen molar-refractivity contribution in [2.24, 2.45) is 5.92 Å². The van der Waals surface area contributed by atoms with Crippen LogP contribution in [0.5, 0.6) is 0 Å². The third-order valence-corrected chi connectivity index (χ3v) is 1.19. The Bertz CT molecular complexity index is 131. The van der Waals surface area contributed by atoms with Crippen LogP contribution in [0, 0.1) is 5.92 Å². The number of carbonyl (C=O) groups excluding carboxylic acids is 2. The third kappa shape index (κ3) is 2.68. The Morgan fingerprint density at radius 1 is 1.30 bits per heavy atom. The fourth-order valence-electron chi connectivity index (χ4n) is 0.441. The van der Waals surface area contributed by atoms with Gasteiger partial charge in [0.15, 0.2) is 0 Å². The number of hydrogen-bond acceptors (Lipinski definition) is 4. The van der Waals surface area contributed by atoms with Crippen molar-refractivity contribution in [1.82, 2.24) is 0 Å². The molecule has 4 nitrogen and oxygen atoms in total. The molecule has 0 saturated heterocycles. The molecule has 0 bridgehead atoms. The van der Waals surface area contributed by atoms with Gasteiger partial charge in [-0.1, -0.05) is 0 Å². The summed E-state index contributed by atoms with van der Waals surface area (Å²) in [5, 5.41) is 19.9. The first kappa shape index (κ1) is 9.23. The molecule has 0 amide bonds. The van der Waals surface area contributed by atoms with Gasteiger partial charge in [-0.05, 0) is 6.42 Å². The minimum Gasteiger partial charge on any atom is -0.549 e. The number of rotatable bonds is 4. The maximum atomic E-state index is 9.94. The first-order valence-electron chi connectivity index (χ1n) is 2.57. The molecule has 0 unspecified atom stereocenters. The summed E-state index contributed by atoms with van der Waals surface area (Å²) < 4.78 is 0. The molecule has 10 heavy (non-hydrogen) atoms. The van der Waals surface area contributed by atoms with Crippen LogP contribution < -0.4 is 10.2 Å². The van der Waals surface area contributed by atoms with Gasteiger partial charge >= 0.3 is 0 Å². The van der Waals surface area contributed by atoms with Crippen LogP contribution in [-0.4, -0.2) is 17.8 Å². The van der Waals surface area contributed by atoms with Gasteiger partial charge in [-0.15, -0.1) is 11.6 Å². The summed E-state index contributed by atoms with van der Waals surface area (Å²) in [7, 11) is 0. The van der Waals surface area contributed by atoms with Crippen molar-refractivity contribution in [2.45, 2.75) is 6.42 Å². The monoisotopic (exact) mass is 164 g/mol. The molecule has 0 aromatic heterocycles. The third-order valence-electron chi connectivity index (χ3n) is 0.967. The Morgan fingerprint density at radius 3 is 1.80 bits per heavy atom. The van der Waals surface area contributed by atoms with Crippen molar-refractivity contribution in [3.63, 3.8) is 0 Å². The molecule has 0 aromatic rings. The van der Waals surface area contributed by atoms with Gasteiger partial charge in [0.1, 0.15) is 0 Å². The van der Waals surface area contributed by atoms with Crippen LogP contribution in [0.25, 0.3) is 0 Å². The molecule has 0 aliphatic carbocycles. The first-order valence-corrected chi connectivity index (χ1v) is 3.10. The summed E-state index contributed by atoms with van der Waals surface area (Å²) in [6, 6.07) is 0. The largest absolute Gasteiger partial charge is 0.549 e. The van der Waals surface area contributed by atoms with Crippen molar-refractivity contribution < 1.29 is 19.8 Å². The number of halogens is 1. The summed E-state index contributed by atoms with van der Waals surface area (Å²) in [6.45, 7) is 0. The molecule has 0 aliphatic rings. The Morgan fingerprint density at radius 2 is 1.70 bits per heavy atom. The lowest BCUT2D eigenvalue weighted by Crippen LogP contribution is -2.43. The van der Waals surface area contributed by atoms with Crippen LogP contribution in [0.3, 0.4) is 0 Å². The average Bonchev–Trinajstić information content (AvgIpc) is 1.81. The number of carboxylic acid groups (broad SMARTS) is 2. The van der Waals surface area contributed by atoms with Crippen molar-refractivity contribution in [3.05, 3.63) is 0 Å².